The summed E-state index contributed by atoms with van der Waals surface area (Å²) < 4.78 is 11.3. The normalized spacial score (nSPS) is 15.8. The molecular weight excluding hydrogens is 398 g/mol. The topological polar surface area (TPSA) is 80.0 Å². The first-order valence-corrected chi connectivity index (χ1v) is 8.90. The molecule has 1 N–H and O–H groups in total. The van der Waals surface area contributed by atoms with E-state index in [1.807, 2.05) is 0 Å². The zero-order valence-electron chi connectivity index (χ0n) is 13.4. The molecule has 134 valence electrons. The van der Waals surface area contributed by atoms with E-state index in [0.717, 1.165) is 16.7 Å². The van der Waals surface area contributed by atoms with Crippen LogP contribution in [0.2, 0.25) is 5.02 Å². The summed E-state index contributed by atoms with van der Waals surface area (Å²) in [7, 11) is 1.55. The number of rotatable bonds is 5. The second kappa shape index (κ2) is 7.53. The zero-order chi connectivity index (χ0) is 18.8. The van der Waals surface area contributed by atoms with Crippen molar-refractivity contribution in [1.29, 1.82) is 0 Å². The highest BCUT2D eigenvalue weighted by Crippen LogP contribution is 2.36. The number of ether oxygens (including phenoxy) is 1. The Morgan fingerprint density at radius 3 is 2.88 bits per heavy atom. The van der Waals surface area contributed by atoms with E-state index in [-0.39, 0.29) is 4.32 Å². The van der Waals surface area contributed by atoms with Crippen molar-refractivity contribution in [3.63, 3.8) is 0 Å². The van der Waals surface area contributed by atoms with Crippen molar-refractivity contribution in [3.05, 3.63) is 46.0 Å². The van der Waals surface area contributed by atoms with Crippen LogP contribution in [0.25, 0.3) is 17.4 Å². The van der Waals surface area contributed by atoms with E-state index in [9.17, 15) is 9.59 Å². The summed E-state index contributed by atoms with van der Waals surface area (Å²) in [5.41, 5.74) is 0.679. The standard InChI is InChI=1S/C17H12ClNO5S2/c1-23-12-4-2-9(18)6-11(12)13-5-3-10(24-13)7-14-16(22)19(8-15(20)21)17(25)26-14/h2-7H,8H2,1H3,(H,20,21). The molecule has 1 aromatic carbocycles. The third-order valence-electron chi connectivity index (χ3n) is 3.49. The Bertz CT molecular complexity index is 937. The summed E-state index contributed by atoms with van der Waals surface area (Å²) in [6.07, 6.45) is 1.53. The Labute approximate surface area is 163 Å². The molecule has 0 unspecified atom stereocenters. The molecule has 1 saturated heterocycles. The van der Waals surface area contributed by atoms with E-state index < -0.39 is 18.4 Å². The Balaban J connectivity index is 1.88. The minimum Gasteiger partial charge on any atom is -0.496 e. The average Bonchev–Trinajstić information content (AvgIpc) is 3.15. The van der Waals surface area contributed by atoms with Crippen molar-refractivity contribution in [1.82, 2.24) is 4.90 Å². The largest absolute Gasteiger partial charge is 0.496 e. The van der Waals surface area contributed by atoms with Crippen molar-refractivity contribution in [2.45, 2.75) is 0 Å². The van der Waals surface area contributed by atoms with Gasteiger partial charge >= 0.3 is 5.97 Å². The molecule has 1 amide bonds. The van der Waals surface area contributed by atoms with E-state index in [0.29, 0.717) is 32.8 Å². The monoisotopic (exact) mass is 409 g/mol. The van der Waals surface area contributed by atoms with Gasteiger partial charge in [0.2, 0.25) is 0 Å². The predicted octanol–water partition coefficient (Wildman–Crippen LogP) is 3.89. The van der Waals surface area contributed by atoms with E-state index >= 15 is 0 Å². The maximum absolute atomic E-state index is 12.3. The molecule has 9 heteroatoms. The number of thiocarbonyl (C=S) groups is 1. The SMILES string of the molecule is COc1ccc(Cl)cc1-c1ccc(C=C2SC(=S)N(CC(=O)O)C2=O)o1. The smallest absolute Gasteiger partial charge is 0.323 e. The molecular formula is C17H12ClNO5S2. The van der Waals surface area contributed by atoms with Crippen molar-refractivity contribution in [2.24, 2.45) is 0 Å². The second-order valence-corrected chi connectivity index (χ2v) is 7.32. The summed E-state index contributed by atoms with van der Waals surface area (Å²) in [6, 6.07) is 8.59. The molecule has 0 aliphatic carbocycles. The number of benzene rings is 1. The molecule has 0 saturated carbocycles. The highest BCUT2D eigenvalue weighted by atomic mass is 35.5. The number of carbonyl (C=O) groups excluding carboxylic acids is 1. The van der Waals surface area contributed by atoms with Crippen LogP contribution < -0.4 is 4.74 Å². The first-order chi connectivity index (χ1) is 12.4. The van der Waals surface area contributed by atoms with Crippen LogP contribution in [-0.2, 0) is 9.59 Å². The van der Waals surface area contributed by atoms with Crippen LogP contribution in [-0.4, -0.2) is 39.9 Å². The number of carbonyl (C=O) groups is 2. The van der Waals surface area contributed by atoms with Gasteiger partial charge in [-0.1, -0.05) is 35.6 Å². The number of carboxylic acid groups (broad SMARTS) is 1. The van der Waals surface area contributed by atoms with Gasteiger partial charge in [0, 0.05) is 11.1 Å². The van der Waals surface area contributed by atoms with Crippen LogP contribution in [0.4, 0.5) is 0 Å². The first kappa shape index (κ1) is 18.5. The van der Waals surface area contributed by atoms with Crippen molar-refractivity contribution < 1.29 is 23.8 Å². The Morgan fingerprint density at radius 1 is 1.42 bits per heavy atom. The van der Waals surface area contributed by atoms with Gasteiger partial charge in [-0.25, -0.2) is 0 Å². The van der Waals surface area contributed by atoms with Crippen LogP contribution in [0, 0.1) is 0 Å². The molecule has 0 radical (unpaired) electrons. The number of carboxylic acids is 1. The second-order valence-electron chi connectivity index (χ2n) is 5.21. The summed E-state index contributed by atoms with van der Waals surface area (Å²) in [5, 5.41) is 9.40. The van der Waals surface area contributed by atoms with Gasteiger partial charge < -0.3 is 14.3 Å². The highest BCUT2D eigenvalue weighted by Gasteiger charge is 2.33. The fourth-order valence-corrected chi connectivity index (χ4v) is 3.76. The van der Waals surface area contributed by atoms with E-state index in [4.69, 9.17) is 38.1 Å². The lowest BCUT2D eigenvalue weighted by molar-refractivity contribution is -0.140. The molecule has 3 rings (SSSR count). The Hall–Kier alpha value is -2.29. The molecule has 6 nitrogen and oxygen atoms in total. The van der Waals surface area contributed by atoms with Gasteiger partial charge in [0.25, 0.3) is 5.91 Å². The first-order valence-electron chi connectivity index (χ1n) is 7.30. The number of hydrogen-bond donors (Lipinski definition) is 1. The summed E-state index contributed by atoms with van der Waals surface area (Å²) >= 11 is 12.1. The summed E-state index contributed by atoms with van der Waals surface area (Å²) in [5.74, 6) is -0.0332. The maximum Gasteiger partial charge on any atom is 0.323 e. The van der Waals surface area contributed by atoms with Gasteiger partial charge in [-0.15, -0.1) is 0 Å². The Kier molecular flexibility index (Phi) is 5.36. The molecule has 0 atom stereocenters. The lowest BCUT2D eigenvalue weighted by Crippen LogP contribution is -2.33. The van der Waals surface area contributed by atoms with E-state index in [2.05, 4.69) is 0 Å². The van der Waals surface area contributed by atoms with Gasteiger partial charge in [-0.05, 0) is 30.3 Å². The molecule has 1 fully saturated rings. The maximum atomic E-state index is 12.3. The number of aliphatic carboxylic acids is 1. The van der Waals surface area contributed by atoms with Gasteiger partial charge in [-0.3, -0.25) is 14.5 Å². The quantitative estimate of drug-likeness (QED) is 0.592. The molecule has 1 aromatic heterocycles. The third-order valence-corrected chi connectivity index (χ3v) is 5.11. The molecule has 0 bridgehead atoms. The number of halogens is 1. The van der Waals surface area contributed by atoms with Gasteiger partial charge in [0.1, 0.15) is 28.1 Å². The number of hydrogen-bond acceptors (Lipinski definition) is 6. The Morgan fingerprint density at radius 2 is 2.19 bits per heavy atom. The number of thioether (sulfide) groups is 1. The van der Waals surface area contributed by atoms with Crippen molar-refractivity contribution in [2.75, 3.05) is 13.7 Å². The number of furan rings is 1. The molecule has 26 heavy (non-hydrogen) atoms. The van der Waals surface area contributed by atoms with Crippen molar-refractivity contribution in [3.8, 4) is 17.1 Å². The number of nitrogens with zero attached hydrogens (tertiary/aromatic N) is 1. The fraction of sp³-hybridized carbons (Fsp3) is 0.118. The summed E-state index contributed by atoms with van der Waals surface area (Å²) in [6.45, 7) is -0.467. The molecule has 1 aliphatic heterocycles. The van der Waals surface area contributed by atoms with Crippen LogP contribution in [0.3, 0.4) is 0 Å². The lowest BCUT2D eigenvalue weighted by Gasteiger charge is -2.09. The van der Waals surface area contributed by atoms with Crippen LogP contribution >= 0.6 is 35.6 Å². The molecule has 1 aliphatic rings. The molecule has 0 spiro atoms. The van der Waals surface area contributed by atoms with Crippen LogP contribution in [0.15, 0.2) is 39.7 Å². The van der Waals surface area contributed by atoms with Gasteiger partial charge in [0.15, 0.2) is 0 Å². The van der Waals surface area contributed by atoms with Crippen molar-refractivity contribution >= 4 is 57.9 Å². The van der Waals surface area contributed by atoms with Crippen LogP contribution in [0.5, 0.6) is 5.75 Å². The van der Waals surface area contributed by atoms with E-state index in [1.54, 1.807) is 37.4 Å². The lowest BCUT2D eigenvalue weighted by atomic mass is 10.1. The van der Waals surface area contributed by atoms with Gasteiger partial charge in [-0.2, -0.15) is 0 Å². The predicted molar refractivity (Wildman–Crippen MR) is 103 cm³/mol. The average molecular weight is 410 g/mol. The highest BCUT2D eigenvalue weighted by molar-refractivity contribution is 8.26. The van der Waals surface area contributed by atoms with Crippen LogP contribution in [0.1, 0.15) is 5.76 Å². The van der Waals surface area contributed by atoms with Gasteiger partial charge in [0.05, 0.1) is 17.6 Å². The number of methoxy groups -OCH3 is 1. The minimum absolute atomic E-state index is 0.201. The minimum atomic E-state index is -1.13. The number of amides is 1. The third kappa shape index (κ3) is 3.77. The molecule has 2 heterocycles. The van der Waals surface area contributed by atoms with E-state index in [1.165, 1.54) is 6.08 Å². The summed E-state index contributed by atoms with van der Waals surface area (Å²) in [4.78, 5) is 24.5. The molecule has 2 aromatic rings. The zero-order valence-corrected chi connectivity index (χ0v) is 15.8. The fourth-order valence-electron chi connectivity index (χ4n) is 2.35.